The predicted octanol–water partition coefficient (Wildman–Crippen LogP) is 3.80. The van der Waals surface area contributed by atoms with Gasteiger partial charge in [0.25, 0.3) is 5.91 Å². The molecule has 1 saturated heterocycles. The lowest BCUT2D eigenvalue weighted by Crippen LogP contribution is -2.55. The predicted molar refractivity (Wildman–Crippen MR) is 166 cm³/mol. The lowest BCUT2D eigenvalue weighted by atomic mass is 9.91. The standard InChI is InChI=1S/C33H41N5O6/c1-22-17-23(2)19-25(18-22)36-13-15-37(16-14-36)32(43)26(11-12-30(40)41)34-31(42)27-20-29(44-21-28(39)33(3,4)5)38(35-27)24-9-7-6-8-10-24/h6-10,17-20,26H,11-16,21H2,1-5H3,(H,34,42)(H,40,41)/t26-/m0/s1. The number of anilines is 1. The first-order chi connectivity index (χ1) is 20.8. The summed E-state index contributed by atoms with van der Waals surface area (Å²) < 4.78 is 7.23. The van der Waals surface area contributed by atoms with Gasteiger partial charge in [-0.15, -0.1) is 0 Å². The number of nitrogens with one attached hydrogen (secondary N) is 1. The first-order valence-electron chi connectivity index (χ1n) is 14.8. The molecule has 1 atom stereocenters. The van der Waals surface area contributed by atoms with E-state index in [0.29, 0.717) is 31.9 Å². The molecule has 1 fully saturated rings. The Labute approximate surface area is 257 Å². The number of carboxylic acid groups (broad SMARTS) is 1. The lowest BCUT2D eigenvalue weighted by Gasteiger charge is -2.38. The van der Waals surface area contributed by atoms with Crippen molar-refractivity contribution in [2.45, 2.75) is 53.5 Å². The Hall–Kier alpha value is -4.67. The quantitative estimate of drug-likeness (QED) is 0.338. The number of para-hydroxylation sites is 1. The molecule has 0 spiro atoms. The lowest BCUT2D eigenvalue weighted by molar-refractivity contribution is -0.138. The van der Waals surface area contributed by atoms with Crippen molar-refractivity contribution >= 4 is 29.3 Å². The van der Waals surface area contributed by atoms with E-state index in [1.807, 2.05) is 6.07 Å². The Morgan fingerprint density at radius 3 is 2.16 bits per heavy atom. The van der Waals surface area contributed by atoms with Crippen molar-refractivity contribution in [1.82, 2.24) is 20.0 Å². The smallest absolute Gasteiger partial charge is 0.303 e. The van der Waals surface area contributed by atoms with Crippen molar-refractivity contribution in [3.63, 3.8) is 0 Å². The first kappa shape index (κ1) is 32.2. The number of Topliss-reactive ketones (excluding diaryl/α,β-unsaturated/α-hetero) is 1. The van der Waals surface area contributed by atoms with Gasteiger partial charge in [0.1, 0.15) is 12.6 Å². The molecule has 2 heterocycles. The number of carboxylic acids is 1. The maximum absolute atomic E-state index is 13.6. The van der Waals surface area contributed by atoms with E-state index in [4.69, 9.17) is 4.74 Å². The average Bonchev–Trinajstić information content (AvgIpc) is 3.41. The summed E-state index contributed by atoms with van der Waals surface area (Å²) >= 11 is 0. The zero-order chi connectivity index (χ0) is 32.0. The minimum absolute atomic E-state index is 0.0279. The fourth-order valence-electron chi connectivity index (χ4n) is 4.98. The number of ether oxygens (including phenoxy) is 1. The molecule has 1 aliphatic rings. The summed E-state index contributed by atoms with van der Waals surface area (Å²) in [6.45, 7) is 11.4. The highest BCUT2D eigenvalue weighted by molar-refractivity contribution is 5.96. The van der Waals surface area contributed by atoms with Gasteiger partial charge in [-0.25, -0.2) is 4.68 Å². The number of aliphatic carboxylic acids is 1. The molecule has 3 aromatic rings. The minimum Gasteiger partial charge on any atom is -0.481 e. The van der Waals surface area contributed by atoms with Crippen LogP contribution in [0.2, 0.25) is 0 Å². The third kappa shape index (κ3) is 8.24. The zero-order valence-corrected chi connectivity index (χ0v) is 26.0. The SMILES string of the molecule is Cc1cc(C)cc(N2CCN(C(=O)[C@H](CCC(=O)O)NC(=O)c3cc(OCC(=O)C(C)(C)C)n(-c4ccccc4)n3)CC2)c1. The summed E-state index contributed by atoms with van der Waals surface area (Å²) in [6.07, 6.45) is -0.360. The Morgan fingerprint density at radius 1 is 0.932 bits per heavy atom. The number of benzene rings is 2. The third-order valence-electron chi connectivity index (χ3n) is 7.51. The molecular weight excluding hydrogens is 562 g/mol. The molecule has 1 aromatic heterocycles. The van der Waals surface area contributed by atoms with Crippen LogP contribution >= 0.6 is 0 Å². The maximum atomic E-state index is 13.6. The van der Waals surface area contributed by atoms with Gasteiger partial charge in [0.15, 0.2) is 11.5 Å². The van der Waals surface area contributed by atoms with Gasteiger partial charge in [-0.05, 0) is 55.7 Å². The number of ketones is 1. The number of hydrogen-bond donors (Lipinski definition) is 2. The second kappa shape index (κ2) is 13.7. The van der Waals surface area contributed by atoms with Crippen LogP contribution in [-0.2, 0) is 14.4 Å². The van der Waals surface area contributed by atoms with Crippen LogP contribution in [0.15, 0.2) is 54.6 Å². The Kier molecular flexibility index (Phi) is 10.1. The Balaban J connectivity index is 1.50. The number of hydrogen-bond acceptors (Lipinski definition) is 7. The van der Waals surface area contributed by atoms with E-state index < -0.39 is 23.3 Å². The summed E-state index contributed by atoms with van der Waals surface area (Å²) in [4.78, 5) is 54.9. The molecule has 11 nitrogen and oxygen atoms in total. The number of amides is 2. The van der Waals surface area contributed by atoms with Gasteiger partial charge >= 0.3 is 5.97 Å². The van der Waals surface area contributed by atoms with Gasteiger partial charge in [0.2, 0.25) is 11.8 Å². The molecular formula is C33H41N5O6. The molecule has 0 radical (unpaired) electrons. The van der Waals surface area contributed by atoms with Gasteiger partial charge in [-0.1, -0.05) is 45.0 Å². The highest BCUT2D eigenvalue weighted by Crippen LogP contribution is 2.23. The maximum Gasteiger partial charge on any atom is 0.303 e. The summed E-state index contributed by atoms with van der Waals surface area (Å²) in [7, 11) is 0. The molecule has 44 heavy (non-hydrogen) atoms. The second-order valence-corrected chi connectivity index (χ2v) is 12.2. The number of carbonyl (C=O) groups is 4. The monoisotopic (exact) mass is 603 g/mol. The van der Waals surface area contributed by atoms with Gasteiger partial charge in [0, 0.05) is 49.8 Å². The fraction of sp³-hybridized carbons (Fsp3) is 0.424. The summed E-state index contributed by atoms with van der Waals surface area (Å²) in [5.41, 5.74) is 3.41. The molecule has 2 aromatic carbocycles. The summed E-state index contributed by atoms with van der Waals surface area (Å²) in [5, 5.41) is 16.5. The van der Waals surface area contributed by atoms with Crippen molar-refractivity contribution < 1.29 is 29.0 Å². The van der Waals surface area contributed by atoms with Crippen molar-refractivity contribution in [2.75, 3.05) is 37.7 Å². The van der Waals surface area contributed by atoms with Crippen LogP contribution in [0.25, 0.3) is 5.69 Å². The second-order valence-electron chi connectivity index (χ2n) is 12.2. The minimum atomic E-state index is -1.07. The van der Waals surface area contributed by atoms with Gasteiger partial charge in [-0.2, -0.15) is 5.10 Å². The number of nitrogens with zero attached hydrogens (tertiary/aromatic N) is 4. The van der Waals surface area contributed by atoms with Crippen LogP contribution in [0.5, 0.6) is 5.88 Å². The summed E-state index contributed by atoms with van der Waals surface area (Å²) in [6, 6.07) is 15.7. The fourth-order valence-corrected chi connectivity index (χ4v) is 4.98. The van der Waals surface area contributed by atoms with Crippen LogP contribution in [-0.4, -0.2) is 82.2 Å². The van der Waals surface area contributed by atoms with E-state index in [9.17, 15) is 24.3 Å². The van der Waals surface area contributed by atoms with Crippen LogP contribution in [0, 0.1) is 19.3 Å². The van der Waals surface area contributed by atoms with Gasteiger partial charge < -0.3 is 25.0 Å². The first-order valence-corrected chi connectivity index (χ1v) is 14.8. The number of carbonyl (C=O) groups excluding carboxylic acids is 3. The molecule has 0 aliphatic carbocycles. The molecule has 2 N–H and O–H groups in total. The van der Waals surface area contributed by atoms with Crippen LogP contribution in [0.4, 0.5) is 5.69 Å². The van der Waals surface area contributed by atoms with Crippen molar-refractivity contribution in [2.24, 2.45) is 5.41 Å². The number of rotatable bonds is 11. The van der Waals surface area contributed by atoms with Crippen molar-refractivity contribution in [3.8, 4) is 11.6 Å². The number of aryl methyl sites for hydroxylation is 2. The van der Waals surface area contributed by atoms with Crippen LogP contribution in [0.1, 0.15) is 55.2 Å². The number of piperazine rings is 1. The molecule has 2 amide bonds. The molecule has 1 aliphatic heterocycles. The molecule has 11 heteroatoms. The number of aromatic nitrogens is 2. The highest BCUT2D eigenvalue weighted by atomic mass is 16.5. The molecule has 234 valence electrons. The normalized spacial score (nSPS) is 14.2. The molecule has 0 bridgehead atoms. The van der Waals surface area contributed by atoms with E-state index in [1.165, 1.54) is 21.9 Å². The van der Waals surface area contributed by atoms with E-state index in [2.05, 4.69) is 47.4 Å². The Morgan fingerprint density at radius 2 is 1.57 bits per heavy atom. The zero-order valence-electron chi connectivity index (χ0n) is 26.0. The van der Waals surface area contributed by atoms with E-state index in [1.54, 1.807) is 49.9 Å². The molecule has 0 unspecified atom stereocenters. The molecule has 0 saturated carbocycles. The van der Waals surface area contributed by atoms with Crippen LogP contribution < -0.4 is 15.0 Å². The molecule has 4 rings (SSSR count). The highest BCUT2D eigenvalue weighted by Gasteiger charge is 2.31. The largest absolute Gasteiger partial charge is 0.481 e. The van der Waals surface area contributed by atoms with E-state index >= 15 is 0 Å². The van der Waals surface area contributed by atoms with Gasteiger partial charge in [-0.3, -0.25) is 19.2 Å². The summed E-state index contributed by atoms with van der Waals surface area (Å²) in [5.74, 6) is -1.99. The van der Waals surface area contributed by atoms with E-state index in [0.717, 1.165) is 5.69 Å². The van der Waals surface area contributed by atoms with Crippen LogP contribution in [0.3, 0.4) is 0 Å². The topological polar surface area (TPSA) is 134 Å². The van der Waals surface area contributed by atoms with E-state index in [-0.39, 0.29) is 42.7 Å². The average molecular weight is 604 g/mol. The van der Waals surface area contributed by atoms with Crippen molar-refractivity contribution in [1.29, 1.82) is 0 Å². The third-order valence-corrected chi connectivity index (χ3v) is 7.51. The Bertz CT molecular complexity index is 1480. The van der Waals surface area contributed by atoms with Gasteiger partial charge in [0.05, 0.1) is 5.69 Å². The van der Waals surface area contributed by atoms with Crippen molar-refractivity contribution in [3.05, 3.63) is 71.4 Å².